The van der Waals surface area contributed by atoms with Gasteiger partial charge in [-0.05, 0) is 44.4 Å². The van der Waals surface area contributed by atoms with Gasteiger partial charge in [-0.15, -0.1) is 0 Å². The van der Waals surface area contributed by atoms with Crippen LogP contribution in [-0.2, 0) is 4.79 Å². The average Bonchev–Trinajstić information content (AvgIpc) is 2.49. The van der Waals surface area contributed by atoms with E-state index in [1.54, 1.807) is 0 Å². The maximum absolute atomic E-state index is 12.5. The summed E-state index contributed by atoms with van der Waals surface area (Å²) in [7, 11) is 0. The molecule has 0 spiro atoms. The van der Waals surface area contributed by atoms with Gasteiger partial charge in [0.25, 0.3) is 0 Å². The number of nitrogens with zero attached hydrogens (tertiary/aromatic N) is 1. The summed E-state index contributed by atoms with van der Waals surface area (Å²) in [5.41, 5.74) is 6.66. The Labute approximate surface area is 137 Å². The molecular formula is C17H27BrN2O. The van der Waals surface area contributed by atoms with Gasteiger partial charge in [0, 0.05) is 17.4 Å². The molecule has 0 fully saturated rings. The second kappa shape index (κ2) is 9.96. The molecule has 1 unspecified atom stereocenters. The number of carbonyl (C=O) groups is 1. The largest absolute Gasteiger partial charge is 0.336 e. The molecule has 0 radical (unpaired) electrons. The Morgan fingerprint density at radius 2 is 2.00 bits per heavy atom. The smallest absolute Gasteiger partial charge is 0.223 e. The first-order valence-electron chi connectivity index (χ1n) is 7.85. The molecule has 1 amide bonds. The molecule has 0 saturated carbocycles. The van der Waals surface area contributed by atoms with Gasteiger partial charge < -0.3 is 10.6 Å². The molecule has 118 valence electrons. The van der Waals surface area contributed by atoms with E-state index < -0.39 is 0 Å². The van der Waals surface area contributed by atoms with E-state index in [4.69, 9.17) is 5.73 Å². The summed E-state index contributed by atoms with van der Waals surface area (Å²) in [6.45, 7) is 5.73. The molecule has 1 rings (SSSR count). The molecule has 1 atom stereocenters. The Morgan fingerprint density at radius 3 is 2.62 bits per heavy atom. The lowest BCUT2D eigenvalue weighted by Crippen LogP contribution is -2.34. The molecule has 2 N–H and O–H groups in total. The third kappa shape index (κ3) is 5.79. The van der Waals surface area contributed by atoms with E-state index in [2.05, 4.69) is 35.8 Å². The van der Waals surface area contributed by atoms with Crippen LogP contribution in [0.5, 0.6) is 0 Å². The zero-order chi connectivity index (χ0) is 15.7. The maximum atomic E-state index is 12.5. The second-order valence-corrected chi connectivity index (χ2v) is 6.24. The van der Waals surface area contributed by atoms with Crippen molar-refractivity contribution in [2.45, 2.75) is 52.0 Å². The van der Waals surface area contributed by atoms with Gasteiger partial charge in [-0.3, -0.25) is 4.79 Å². The maximum Gasteiger partial charge on any atom is 0.223 e. The molecule has 0 aliphatic carbocycles. The van der Waals surface area contributed by atoms with Crippen molar-refractivity contribution in [2.75, 3.05) is 13.1 Å². The molecular weight excluding hydrogens is 328 g/mol. The fourth-order valence-electron chi connectivity index (χ4n) is 2.50. The van der Waals surface area contributed by atoms with Gasteiger partial charge in [-0.1, -0.05) is 47.5 Å². The number of amides is 1. The second-order valence-electron chi connectivity index (χ2n) is 5.38. The van der Waals surface area contributed by atoms with Crippen LogP contribution in [-0.4, -0.2) is 23.9 Å². The summed E-state index contributed by atoms with van der Waals surface area (Å²) in [6, 6.07) is 8.23. The number of hydrogen-bond donors (Lipinski definition) is 1. The van der Waals surface area contributed by atoms with Crippen molar-refractivity contribution in [3.63, 3.8) is 0 Å². The van der Waals surface area contributed by atoms with E-state index in [0.717, 1.165) is 36.7 Å². The Balaban J connectivity index is 2.71. The monoisotopic (exact) mass is 354 g/mol. The third-order valence-electron chi connectivity index (χ3n) is 3.70. The van der Waals surface area contributed by atoms with Gasteiger partial charge in [-0.2, -0.15) is 0 Å². The quantitative estimate of drug-likeness (QED) is 0.673. The number of unbranched alkanes of at least 4 members (excludes halogenated alkanes) is 2. The minimum atomic E-state index is 0.0996. The summed E-state index contributed by atoms with van der Waals surface area (Å²) in [5, 5.41) is 0. The zero-order valence-electron chi connectivity index (χ0n) is 13.1. The van der Waals surface area contributed by atoms with Crippen molar-refractivity contribution in [3.8, 4) is 0 Å². The van der Waals surface area contributed by atoms with Crippen molar-refractivity contribution in [1.82, 2.24) is 4.90 Å². The van der Waals surface area contributed by atoms with Crippen LogP contribution >= 0.6 is 15.9 Å². The SMILES string of the molecule is CCCN(C(=O)CCCCCN)C(C)c1ccccc1Br. The van der Waals surface area contributed by atoms with Crippen LogP contribution < -0.4 is 5.73 Å². The zero-order valence-corrected chi connectivity index (χ0v) is 14.7. The van der Waals surface area contributed by atoms with Crippen molar-refractivity contribution in [1.29, 1.82) is 0 Å². The third-order valence-corrected chi connectivity index (χ3v) is 4.42. The number of carbonyl (C=O) groups excluding carboxylic acids is 1. The van der Waals surface area contributed by atoms with E-state index in [1.807, 2.05) is 23.1 Å². The molecule has 0 saturated heterocycles. The van der Waals surface area contributed by atoms with Crippen LogP contribution in [0.2, 0.25) is 0 Å². The minimum Gasteiger partial charge on any atom is -0.336 e. The van der Waals surface area contributed by atoms with Crippen LogP contribution in [0.25, 0.3) is 0 Å². The van der Waals surface area contributed by atoms with Gasteiger partial charge in [0.2, 0.25) is 5.91 Å². The fraction of sp³-hybridized carbons (Fsp3) is 0.588. The fourth-order valence-corrected chi connectivity index (χ4v) is 3.11. The normalized spacial score (nSPS) is 12.2. The van der Waals surface area contributed by atoms with E-state index in [-0.39, 0.29) is 11.9 Å². The summed E-state index contributed by atoms with van der Waals surface area (Å²) >= 11 is 3.59. The van der Waals surface area contributed by atoms with Crippen molar-refractivity contribution in [3.05, 3.63) is 34.3 Å². The van der Waals surface area contributed by atoms with Crippen molar-refractivity contribution < 1.29 is 4.79 Å². The van der Waals surface area contributed by atoms with E-state index in [1.165, 1.54) is 5.56 Å². The standard InChI is InChI=1S/C17H27BrN2O/c1-3-13-20(17(21)11-5-4-8-12-19)14(2)15-9-6-7-10-16(15)18/h6-7,9-10,14H,3-5,8,11-13,19H2,1-2H3. The first kappa shape index (κ1) is 18.2. The molecule has 0 aromatic heterocycles. The number of hydrogen-bond acceptors (Lipinski definition) is 2. The first-order valence-corrected chi connectivity index (χ1v) is 8.65. The highest BCUT2D eigenvalue weighted by atomic mass is 79.9. The summed E-state index contributed by atoms with van der Waals surface area (Å²) in [4.78, 5) is 14.5. The number of halogens is 1. The molecule has 0 heterocycles. The topological polar surface area (TPSA) is 46.3 Å². The van der Waals surface area contributed by atoms with Gasteiger partial charge in [-0.25, -0.2) is 0 Å². The first-order chi connectivity index (χ1) is 10.1. The molecule has 0 aliphatic rings. The lowest BCUT2D eigenvalue weighted by Gasteiger charge is -2.30. The molecule has 0 bridgehead atoms. The minimum absolute atomic E-state index is 0.0996. The summed E-state index contributed by atoms with van der Waals surface area (Å²) in [6.07, 6.45) is 4.56. The van der Waals surface area contributed by atoms with Crippen LogP contribution in [0.15, 0.2) is 28.7 Å². The van der Waals surface area contributed by atoms with Crippen LogP contribution in [0, 0.1) is 0 Å². The average molecular weight is 355 g/mol. The Bertz CT molecular complexity index is 437. The van der Waals surface area contributed by atoms with Gasteiger partial charge in [0.1, 0.15) is 0 Å². The molecule has 3 nitrogen and oxygen atoms in total. The van der Waals surface area contributed by atoms with Crippen molar-refractivity contribution >= 4 is 21.8 Å². The van der Waals surface area contributed by atoms with Crippen LogP contribution in [0.1, 0.15) is 57.6 Å². The van der Waals surface area contributed by atoms with Crippen LogP contribution in [0.4, 0.5) is 0 Å². The predicted octanol–water partition coefficient (Wildman–Crippen LogP) is 4.27. The summed E-state index contributed by atoms with van der Waals surface area (Å²) < 4.78 is 1.06. The van der Waals surface area contributed by atoms with Gasteiger partial charge in [0.15, 0.2) is 0 Å². The molecule has 1 aromatic rings. The molecule has 0 aliphatic heterocycles. The highest BCUT2D eigenvalue weighted by Crippen LogP contribution is 2.28. The van der Waals surface area contributed by atoms with E-state index in [0.29, 0.717) is 13.0 Å². The lowest BCUT2D eigenvalue weighted by molar-refractivity contribution is -0.133. The Morgan fingerprint density at radius 1 is 1.29 bits per heavy atom. The highest BCUT2D eigenvalue weighted by Gasteiger charge is 2.21. The molecule has 4 heteroatoms. The van der Waals surface area contributed by atoms with E-state index in [9.17, 15) is 4.79 Å². The highest BCUT2D eigenvalue weighted by molar-refractivity contribution is 9.10. The predicted molar refractivity (Wildman–Crippen MR) is 92.1 cm³/mol. The number of benzene rings is 1. The Hall–Kier alpha value is -0.870. The van der Waals surface area contributed by atoms with Crippen LogP contribution in [0.3, 0.4) is 0 Å². The molecule has 1 aromatic carbocycles. The van der Waals surface area contributed by atoms with E-state index >= 15 is 0 Å². The van der Waals surface area contributed by atoms with Gasteiger partial charge >= 0.3 is 0 Å². The molecule has 21 heavy (non-hydrogen) atoms. The van der Waals surface area contributed by atoms with Gasteiger partial charge in [0.05, 0.1) is 6.04 Å². The number of nitrogens with two attached hydrogens (primary N) is 1. The lowest BCUT2D eigenvalue weighted by atomic mass is 10.1. The summed E-state index contributed by atoms with van der Waals surface area (Å²) in [5.74, 6) is 0.247. The Kier molecular flexibility index (Phi) is 8.62. The van der Waals surface area contributed by atoms with Crippen molar-refractivity contribution in [2.24, 2.45) is 5.73 Å². The number of rotatable bonds is 9.